The van der Waals surface area contributed by atoms with Crippen molar-refractivity contribution in [3.05, 3.63) is 77.7 Å². The van der Waals surface area contributed by atoms with Crippen LogP contribution in [0.3, 0.4) is 0 Å². The number of nitrogens with one attached hydrogen (secondary N) is 1. The number of aliphatic hydroxyl groups is 1. The lowest BCUT2D eigenvalue weighted by molar-refractivity contribution is 0.164. The summed E-state index contributed by atoms with van der Waals surface area (Å²) in [6.45, 7) is 6.06. The molecule has 0 saturated heterocycles. The maximum Gasteiger partial charge on any atom is 0.136 e. The highest BCUT2D eigenvalue weighted by Gasteiger charge is 2.22. The standard InChI is InChI=1S/C31H36N4OS2/c1-31(2,22-36)21-35-19-8-4-3-5-11-23-12-6-7-13-24(23)30-25(26-14-10-20-37-26)17-18-27(32-30)34-38-29-16-9-15-28(35)33-29/h6-7,9-10,12-18,20,36H,3-5,8,11,19,21-22H2,1-2H3,(H,32,34). The van der Waals surface area contributed by atoms with Crippen molar-refractivity contribution in [2.75, 3.05) is 29.3 Å². The van der Waals surface area contributed by atoms with Crippen molar-refractivity contribution in [3.63, 3.8) is 0 Å². The highest BCUT2D eigenvalue weighted by atomic mass is 32.2. The molecule has 38 heavy (non-hydrogen) atoms. The summed E-state index contributed by atoms with van der Waals surface area (Å²) >= 11 is 3.23. The summed E-state index contributed by atoms with van der Waals surface area (Å²) in [7, 11) is 0. The van der Waals surface area contributed by atoms with Crippen LogP contribution in [-0.4, -0.2) is 34.8 Å². The van der Waals surface area contributed by atoms with Crippen LogP contribution >= 0.6 is 23.3 Å². The minimum absolute atomic E-state index is 0.147. The molecule has 1 aliphatic heterocycles. The van der Waals surface area contributed by atoms with Gasteiger partial charge in [-0.15, -0.1) is 11.3 Å². The number of hydrogen-bond donors (Lipinski definition) is 2. The molecule has 0 atom stereocenters. The van der Waals surface area contributed by atoms with E-state index < -0.39 is 0 Å². The number of anilines is 2. The van der Waals surface area contributed by atoms with Gasteiger partial charge < -0.3 is 14.7 Å². The van der Waals surface area contributed by atoms with Crippen LogP contribution in [0.15, 0.2) is 77.1 Å². The molecule has 3 aromatic heterocycles. The number of thiophene rings is 1. The Morgan fingerprint density at radius 1 is 0.895 bits per heavy atom. The first-order valence-corrected chi connectivity index (χ1v) is 15.1. The van der Waals surface area contributed by atoms with E-state index in [2.05, 4.69) is 89.5 Å². The lowest BCUT2D eigenvalue weighted by Gasteiger charge is -2.32. The Balaban J connectivity index is 1.50. The minimum atomic E-state index is -0.198. The zero-order valence-corrected chi connectivity index (χ0v) is 23.8. The fourth-order valence-electron chi connectivity index (χ4n) is 4.88. The summed E-state index contributed by atoms with van der Waals surface area (Å²) in [4.78, 5) is 13.7. The SMILES string of the molecule is CC(C)(CO)CN1CCCCCCc2ccccc2-c2nc(ccc2-c2cccs2)NSc2cccc1n2. The van der Waals surface area contributed by atoms with Crippen LogP contribution in [0, 0.1) is 5.41 Å². The van der Waals surface area contributed by atoms with Gasteiger partial charge in [0.25, 0.3) is 0 Å². The smallest absolute Gasteiger partial charge is 0.136 e. The van der Waals surface area contributed by atoms with Gasteiger partial charge in [-0.25, -0.2) is 9.97 Å². The number of pyridine rings is 2. The van der Waals surface area contributed by atoms with E-state index in [1.807, 2.05) is 6.07 Å². The fourth-order valence-corrected chi connectivity index (χ4v) is 6.24. The summed E-state index contributed by atoms with van der Waals surface area (Å²) in [5, 5.41) is 12.9. The van der Waals surface area contributed by atoms with Crippen molar-refractivity contribution >= 4 is 34.9 Å². The topological polar surface area (TPSA) is 61.3 Å². The third-order valence-electron chi connectivity index (χ3n) is 6.92. The molecule has 0 unspecified atom stereocenters. The molecular formula is C31H36N4OS2. The van der Waals surface area contributed by atoms with Gasteiger partial charge in [0.2, 0.25) is 0 Å². The Morgan fingerprint density at radius 3 is 2.61 bits per heavy atom. The van der Waals surface area contributed by atoms with E-state index in [1.54, 1.807) is 11.3 Å². The summed E-state index contributed by atoms with van der Waals surface area (Å²) < 4.78 is 3.45. The van der Waals surface area contributed by atoms with Crippen LogP contribution in [-0.2, 0) is 6.42 Å². The molecule has 0 spiro atoms. The van der Waals surface area contributed by atoms with E-state index >= 15 is 0 Å². The van der Waals surface area contributed by atoms with Crippen molar-refractivity contribution in [1.29, 1.82) is 0 Å². The van der Waals surface area contributed by atoms with E-state index in [0.717, 1.165) is 54.7 Å². The second-order valence-corrected chi connectivity index (χ2v) is 12.4. The van der Waals surface area contributed by atoms with Gasteiger partial charge in [-0.3, -0.25) is 0 Å². The molecule has 1 aromatic carbocycles. The number of hydrogen-bond acceptors (Lipinski definition) is 7. The van der Waals surface area contributed by atoms with Crippen LogP contribution < -0.4 is 9.62 Å². The van der Waals surface area contributed by atoms with E-state index in [-0.39, 0.29) is 12.0 Å². The molecule has 5 rings (SSSR count). The van der Waals surface area contributed by atoms with Crippen molar-refractivity contribution in [1.82, 2.24) is 9.97 Å². The number of fused-ring (bicyclic) bond motifs is 6. The van der Waals surface area contributed by atoms with Crippen molar-refractivity contribution < 1.29 is 5.11 Å². The normalized spacial score (nSPS) is 14.9. The van der Waals surface area contributed by atoms with Gasteiger partial charge in [-0.1, -0.05) is 63.1 Å². The molecule has 1 aliphatic rings. The first kappa shape index (κ1) is 26.7. The zero-order valence-electron chi connectivity index (χ0n) is 22.2. The van der Waals surface area contributed by atoms with E-state index in [9.17, 15) is 5.11 Å². The predicted molar refractivity (Wildman–Crippen MR) is 162 cm³/mol. The molecule has 0 radical (unpaired) electrons. The molecule has 0 amide bonds. The average molecular weight is 545 g/mol. The maximum absolute atomic E-state index is 9.92. The van der Waals surface area contributed by atoms with Gasteiger partial charge >= 0.3 is 0 Å². The van der Waals surface area contributed by atoms with Crippen molar-refractivity contribution in [3.8, 4) is 21.7 Å². The molecule has 2 N–H and O–H groups in total. The van der Waals surface area contributed by atoms with Crippen LogP contribution in [0.1, 0.15) is 45.1 Å². The molecule has 4 bridgehead atoms. The molecular weight excluding hydrogens is 509 g/mol. The monoisotopic (exact) mass is 544 g/mol. The summed E-state index contributed by atoms with van der Waals surface area (Å²) in [5.74, 6) is 1.77. The highest BCUT2D eigenvalue weighted by Crippen LogP contribution is 2.37. The zero-order chi connectivity index (χ0) is 26.4. The Bertz CT molecular complexity index is 1340. The first-order chi connectivity index (χ1) is 18.5. The Hall–Kier alpha value is -2.87. The largest absolute Gasteiger partial charge is 0.396 e. The Kier molecular flexibility index (Phi) is 8.67. The van der Waals surface area contributed by atoms with Gasteiger partial charge in [0.1, 0.15) is 16.7 Å². The molecule has 4 aromatic rings. The number of aromatic nitrogens is 2. The molecule has 5 nitrogen and oxygen atoms in total. The predicted octanol–water partition coefficient (Wildman–Crippen LogP) is 7.93. The van der Waals surface area contributed by atoms with Crippen LogP contribution in [0.25, 0.3) is 21.7 Å². The molecule has 0 saturated carbocycles. The van der Waals surface area contributed by atoms with Gasteiger partial charge in [0.15, 0.2) is 0 Å². The number of rotatable bonds is 4. The van der Waals surface area contributed by atoms with Crippen molar-refractivity contribution in [2.45, 2.75) is 51.0 Å². The minimum Gasteiger partial charge on any atom is -0.396 e. The quantitative estimate of drug-likeness (QED) is 0.254. The molecule has 7 heteroatoms. The maximum atomic E-state index is 9.92. The molecule has 198 valence electrons. The summed E-state index contributed by atoms with van der Waals surface area (Å²) in [5.41, 5.74) is 4.56. The third kappa shape index (κ3) is 6.57. The number of aryl methyl sites for hydroxylation is 1. The average Bonchev–Trinajstić information content (AvgIpc) is 3.48. The first-order valence-electron chi connectivity index (χ1n) is 13.4. The third-order valence-corrected chi connectivity index (χ3v) is 8.57. The molecule has 0 aliphatic carbocycles. The van der Waals surface area contributed by atoms with Gasteiger partial charge in [0, 0.05) is 53.1 Å². The van der Waals surface area contributed by atoms with Gasteiger partial charge in [-0.05, 0) is 60.5 Å². The number of nitrogens with zero attached hydrogens (tertiary/aromatic N) is 3. The van der Waals surface area contributed by atoms with Crippen LogP contribution in [0.5, 0.6) is 0 Å². The Morgan fingerprint density at radius 2 is 1.76 bits per heavy atom. The second kappa shape index (κ2) is 12.3. The number of benzene rings is 1. The molecule has 0 fully saturated rings. The number of aliphatic hydroxyl groups excluding tert-OH is 1. The Labute approximate surface area is 234 Å². The van der Waals surface area contributed by atoms with Gasteiger partial charge in [-0.2, -0.15) is 0 Å². The van der Waals surface area contributed by atoms with E-state index in [4.69, 9.17) is 9.97 Å². The van der Waals surface area contributed by atoms with Crippen molar-refractivity contribution in [2.24, 2.45) is 5.41 Å². The summed E-state index contributed by atoms with van der Waals surface area (Å²) in [6.07, 6.45) is 5.64. The van der Waals surface area contributed by atoms with Crippen LogP contribution in [0.2, 0.25) is 0 Å². The van der Waals surface area contributed by atoms with Gasteiger partial charge in [0.05, 0.1) is 5.69 Å². The van der Waals surface area contributed by atoms with Crippen LogP contribution in [0.4, 0.5) is 11.6 Å². The highest BCUT2D eigenvalue weighted by molar-refractivity contribution is 8.00. The second-order valence-electron chi connectivity index (χ2n) is 10.7. The fraction of sp³-hybridized carbons (Fsp3) is 0.355. The lowest BCUT2D eigenvalue weighted by atomic mass is 9.94. The van der Waals surface area contributed by atoms with E-state index in [1.165, 1.54) is 46.4 Å². The van der Waals surface area contributed by atoms with E-state index in [0.29, 0.717) is 0 Å². The lowest BCUT2D eigenvalue weighted by Crippen LogP contribution is -2.37. The molecule has 4 heterocycles. The summed E-state index contributed by atoms with van der Waals surface area (Å²) in [6, 6.07) is 23.4.